The fourth-order valence-electron chi connectivity index (χ4n) is 1.09. The number of nitrogens with zero attached hydrogens (tertiary/aromatic N) is 1. The van der Waals surface area contributed by atoms with Crippen LogP contribution in [0.3, 0.4) is 0 Å². The molecule has 1 aromatic carbocycles. The number of aromatic nitrogens is 1. The minimum absolute atomic E-state index is 0.652. The third-order valence-electron chi connectivity index (χ3n) is 1.61. The summed E-state index contributed by atoms with van der Waals surface area (Å²) in [4.78, 5) is 4.21. The van der Waals surface area contributed by atoms with Crippen molar-refractivity contribution in [1.82, 2.24) is 4.98 Å². The third-order valence-corrected chi connectivity index (χ3v) is 2.63. The number of anilines is 1. The van der Waals surface area contributed by atoms with Crippen molar-refractivity contribution >= 4 is 26.7 Å². The summed E-state index contributed by atoms with van der Waals surface area (Å²) < 4.78 is 8.10. The molecule has 0 aliphatic heterocycles. The van der Waals surface area contributed by atoms with Gasteiger partial charge in [0.05, 0.1) is 10.2 Å². The van der Waals surface area contributed by atoms with Crippen LogP contribution in [-0.4, -0.2) is 4.98 Å². The van der Waals surface area contributed by atoms with Gasteiger partial charge in [-0.3, -0.25) is 0 Å². The first-order valence-electron chi connectivity index (χ1n) is 4.85. The fourth-order valence-corrected chi connectivity index (χ4v) is 1.87. The number of thiazole rings is 1. The van der Waals surface area contributed by atoms with Crippen LogP contribution in [0, 0.1) is 6.92 Å². The van der Waals surface area contributed by atoms with Gasteiger partial charge in [-0.15, -0.1) is 0 Å². The Balaban J connectivity index is 0.000000461. The SMILES string of the molecule is CC.[3H]Nc1nc2cccc(C)c2s1. The van der Waals surface area contributed by atoms with E-state index >= 15 is 0 Å². The Bertz CT molecular complexity index is 411. The standard InChI is InChI=1S/C8H8N2S.C2H6/c1-5-3-2-4-6-7(5)11-8(9)10-6;1-2/h2-4H,1H3,(H2,9,10);1-2H3/i/hT. The molecule has 0 atom stereocenters. The minimum atomic E-state index is 0.652. The Hall–Kier alpha value is -1.09. The molecule has 0 radical (unpaired) electrons. The monoisotopic (exact) mass is 196 g/mol. The fraction of sp³-hybridized carbons (Fsp3) is 0.300. The summed E-state index contributed by atoms with van der Waals surface area (Å²) in [5.41, 5.74) is 4.48. The molecule has 1 heterocycles. The van der Waals surface area contributed by atoms with E-state index in [9.17, 15) is 0 Å². The Morgan fingerprint density at radius 1 is 1.46 bits per heavy atom. The second-order valence-electron chi connectivity index (χ2n) is 2.44. The van der Waals surface area contributed by atoms with E-state index in [-0.39, 0.29) is 0 Å². The Morgan fingerprint density at radius 2 is 2.23 bits per heavy atom. The van der Waals surface area contributed by atoms with Crippen molar-refractivity contribution in [2.45, 2.75) is 20.8 Å². The van der Waals surface area contributed by atoms with Gasteiger partial charge < -0.3 is 5.73 Å². The molecule has 2 rings (SSSR count). The van der Waals surface area contributed by atoms with Crippen molar-refractivity contribution in [2.24, 2.45) is 0 Å². The predicted molar refractivity (Wildman–Crippen MR) is 60.1 cm³/mol. The molecule has 0 saturated heterocycles. The number of nitrogens with two attached hydrogens (primary N) is 1. The molecule has 13 heavy (non-hydrogen) atoms. The van der Waals surface area contributed by atoms with Gasteiger partial charge in [0, 0.05) is 0 Å². The highest BCUT2D eigenvalue weighted by molar-refractivity contribution is 7.22. The van der Waals surface area contributed by atoms with Crippen molar-refractivity contribution in [3.63, 3.8) is 0 Å². The normalized spacial score (nSPS) is 10.2. The van der Waals surface area contributed by atoms with E-state index in [4.69, 9.17) is 1.41 Å². The van der Waals surface area contributed by atoms with E-state index in [1.807, 2.05) is 39.0 Å². The highest BCUT2D eigenvalue weighted by Crippen LogP contribution is 2.25. The van der Waals surface area contributed by atoms with Gasteiger partial charge in [-0.2, -0.15) is 0 Å². The maximum absolute atomic E-state index is 6.94. The van der Waals surface area contributed by atoms with Crippen molar-refractivity contribution in [3.05, 3.63) is 23.8 Å². The van der Waals surface area contributed by atoms with Gasteiger partial charge in [0.25, 0.3) is 0 Å². The molecule has 0 spiro atoms. The van der Waals surface area contributed by atoms with Crippen LogP contribution in [0.4, 0.5) is 5.13 Å². The van der Waals surface area contributed by atoms with Crippen LogP contribution in [0.15, 0.2) is 18.2 Å². The highest BCUT2D eigenvalue weighted by Gasteiger charge is 2.01. The van der Waals surface area contributed by atoms with Gasteiger partial charge >= 0.3 is 0 Å². The van der Waals surface area contributed by atoms with E-state index < -0.39 is 0 Å². The summed E-state index contributed by atoms with van der Waals surface area (Å²) in [7, 11) is 0. The molecule has 0 saturated carbocycles. The average molecular weight is 196 g/mol. The van der Waals surface area contributed by atoms with E-state index in [0.717, 1.165) is 10.2 Å². The summed E-state index contributed by atoms with van der Waals surface area (Å²) in [6, 6.07) is 5.99. The van der Waals surface area contributed by atoms with Crippen LogP contribution in [0.25, 0.3) is 10.2 Å². The van der Waals surface area contributed by atoms with Gasteiger partial charge in [0.15, 0.2) is 6.54 Å². The Morgan fingerprint density at radius 3 is 2.85 bits per heavy atom. The number of fused-ring (bicyclic) bond motifs is 1. The summed E-state index contributed by atoms with van der Waals surface area (Å²) in [5.74, 6) is 0. The van der Waals surface area contributed by atoms with Crippen molar-refractivity contribution in [3.8, 4) is 0 Å². The van der Waals surface area contributed by atoms with Gasteiger partial charge in [-0.05, 0) is 18.6 Å². The summed E-state index contributed by atoms with van der Waals surface area (Å²) in [6.45, 7) is 6.05. The second-order valence-corrected chi connectivity index (χ2v) is 3.44. The molecular weight excluding hydrogens is 180 g/mol. The van der Waals surface area contributed by atoms with Crippen molar-refractivity contribution < 1.29 is 1.41 Å². The number of nitrogen functional groups attached to an aromatic ring is 1. The molecule has 2 nitrogen and oxygen atoms in total. The van der Waals surface area contributed by atoms with Crippen LogP contribution >= 0.6 is 11.3 Å². The van der Waals surface area contributed by atoms with E-state index in [0.29, 0.717) is 5.13 Å². The lowest BCUT2D eigenvalue weighted by Gasteiger charge is -1.89. The molecule has 0 bridgehead atoms. The zero-order chi connectivity index (χ0) is 10.6. The molecule has 0 fully saturated rings. The molecule has 0 amide bonds. The molecule has 0 aliphatic rings. The van der Waals surface area contributed by atoms with Gasteiger partial charge in [0.2, 0.25) is 0 Å². The summed E-state index contributed by atoms with van der Waals surface area (Å²) >= 11 is 1.51. The van der Waals surface area contributed by atoms with E-state index in [1.165, 1.54) is 16.9 Å². The number of hydrogen-bond donors (Lipinski definition) is 1. The van der Waals surface area contributed by atoms with Crippen LogP contribution < -0.4 is 5.73 Å². The first-order valence-corrected chi connectivity index (χ1v) is 5.17. The Labute approximate surface area is 83.9 Å². The zero-order valence-corrected chi connectivity index (χ0v) is 8.90. The first kappa shape index (κ1) is 8.51. The summed E-state index contributed by atoms with van der Waals surface area (Å²) in [5, 5.41) is 0.652. The van der Waals surface area contributed by atoms with Gasteiger partial charge in [-0.1, -0.05) is 37.3 Å². The number of rotatable bonds is 1. The molecule has 1 aromatic heterocycles. The van der Waals surface area contributed by atoms with Crippen LogP contribution in [0.1, 0.15) is 19.4 Å². The Kier molecular flexibility index (Phi) is 2.77. The smallest absolute Gasteiger partial charge is 0.181 e. The molecule has 0 aliphatic carbocycles. The number of hydrogen-bond acceptors (Lipinski definition) is 3. The minimum Gasteiger partial charge on any atom is -0.375 e. The molecule has 2 N–H and O–H groups in total. The van der Waals surface area contributed by atoms with E-state index in [1.54, 1.807) is 0 Å². The molecule has 0 unspecified atom stereocenters. The van der Waals surface area contributed by atoms with Crippen LogP contribution in [0.5, 0.6) is 0 Å². The average Bonchev–Trinajstić information content (AvgIpc) is 2.65. The molecule has 70 valence electrons. The largest absolute Gasteiger partial charge is 0.375 e. The lowest BCUT2D eigenvalue weighted by atomic mass is 10.2. The van der Waals surface area contributed by atoms with Crippen LogP contribution in [-0.2, 0) is 0 Å². The predicted octanol–water partition coefficient (Wildman–Crippen LogP) is 3.21. The summed E-state index contributed by atoms with van der Waals surface area (Å²) in [6.07, 6.45) is 0. The molecule has 3 heteroatoms. The maximum atomic E-state index is 6.94. The van der Waals surface area contributed by atoms with Crippen LogP contribution in [0.2, 0.25) is 1.41 Å². The quantitative estimate of drug-likeness (QED) is 0.760. The second kappa shape index (κ2) is 4.23. The lowest BCUT2D eigenvalue weighted by molar-refractivity contribution is 1.47. The lowest BCUT2D eigenvalue weighted by Crippen LogP contribution is -1.78. The molecule has 2 aromatic rings. The van der Waals surface area contributed by atoms with Gasteiger partial charge in [-0.25, -0.2) is 4.98 Å². The van der Waals surface area contributed by atoms with Crippen molar-refractivity contribution in [2.75, 3.05) is 5.73 Å². The molecular formula is C10H14N2S. The number of aryl methyl sites for hydroxylation is 1. The van der Waals surface area contributed by atoms with E-state index in [2.05, 4.69) is 10.7 Å². The topological polar surface area (TPSA) is 38.9 Å². The highest BCUT2D eigenvalue weighted by atomic mass is 32.1. The number of benzene rings is 1. The third kappa shape index (κ3) is 1.98. The zero-order valence-electron chi connectivity index (χ0n) is 9.09. The van der Waals surface area contributed by atoms with Gasteiger partial charge in [0.1, 0.15) is 0 Å². The first-order chi connectivity index (χ1) is 6.81. The maximum Gasteiger partial charge on any atom is 0.181 e. The van der Waals surface area contributed by atoms with Crippen molar-refractivity contribution in [1.29, 1.82) is 0 Å².